The van der Waals surface area contributed by atoms with Gasteiger partial charge >= 0.3 is 0 Å². The molecule has 1 amide bonds. The van der Waals surface area contributed by atoms with Gasteiger partial charge in [-0.25, -0.2) is 8.42 Å². The first-order chi connectivity index (χ1) is 12.8. The van der Waals surface area contributed by atoms with Gasteiger partial charge in [-0.1, -0.05) is 32.4 Å². The largest absolute Gasteiger partial charge is 0.345 e. The van der Waals surface area contributed by atoms with Crippen molar-refractivity contribution in [3.63, 3.8) is 0 Å². The predicted molar refractivity (Wildman–Crippen MR) is 107 cm³/mol. The summed E-state index contributed by atoms with van der Waals surface area (Å²) in [5.41, 5.74) is 2.15. The number of nitrogens with zero attached hydrogens (tertiary/aromatic N) is 2. The molecule has 2 aromatic rings. The molecular formula is C20H27N3O3S. The van der Waals surface area contributed by atoms with Crippen molar-refractivity contribution >= 4 is 21.6 Å². The summed E-state index contributed by atoms with van der Waals surface area (Å²) in [5, 5.41) is 2.87. The van der Waals surface area contributed by atoms with Crippen LogP contribution in [-0.4, -0.2) is 36.3 Å². The van der Waals surface area contributed by atoms with E-state index in [1.807, 2.05) is 24.3 Å². The number of sulfonamides is 1. The lowest BCUT2D eigenvalue weighted by atomic mass is 10.0. The van der Waals surface area contributed by atoms with Crippen LogP contribution in [0.3, 0.4) is 0 Å². The Morgan fingerprint density at radius 1 is 1.11 bits per heavy atom. The summed E-state index contributed by atoms with van der Waals surface area (Å²) in [7, 11) is -1.87. The molecule has 1 aliphatic heterocycles. The van der Waals surface area contributed by atoms with E-state index >= 15 is 0 Å². The first-order valence-electron chi connectivity index (χ1n) is 9.37. The van der Waals surface area contributed by atoms with Crippen LogP contribution < -0.4 is 5.32 Å². The molecule has 7 heteroatoms. The molecule has 1 N–H and O–H groups in total. The molecule has 0 aliphatic carbocycles. The van der Waals surface area contributed by atoms with E-state index in [2.05, 4.69) is 19.2 Å². The van der Waals surface area contributed by atoms with Crippen LogP contribution in [0.15, 0.2) is 41.4 Å². The van der Waals surface area contributed by atoms with Gasteiger partial charge in [-0.3, -0.25) is 4.79 Å². The topological polar surface area (TPSA) is 71.4 Å². The Kier molecular flexibility index (Phi) is 5.72. The van der Waals surface area contributed by atoms with Gasteiger partial charge in [0, 0.05) is 32.0 Å². The SMILES string of the molecule is CC(C)c1cccc(NC(=O)c2cc(S(=O)(=O)N3CCCCC3)cn2C)c1. The number of anilines is 1. The van der Waals surface area contributed by atoms with E-state index in [1.165, 1.54) is 16.6 Å². The Morgan fingerprint density at radius 3 is 2.48 bits per heavy atom. The van der Waals surface area contributed by atoms with Crippen LogP contribution >= 0.6 is 0 Å². The van der Waals surface area contributed by atoms with E-state index in [1.54, 1.807) is 11.6 Å². The lowest BCUT2D eigenvalue weighted by Crippen LogP contribution is -2.35. The second-order valence-electron chi connectivity index (χ2n) is 7.37. The normalized spacial score (nSPS) is 15.9. The molecule has 27 heavy (non-hydrogen) atoms. The van der Waals surface area contributed by atoms with E-state index in [4.69, 9.17) is 0 Å². The number of hydrogen-bond acceptors (Lipinski definition) is 3. The van der Waals surface area contributed by atoms with Crippen molar-refractivity contribution in [1.29, 1.82) is 0 Å². The van der Waals surface area contributed by atoms with Crippen LogP contribution in [-0.2, 0) is 17.1 Å². The van der Waals surface area contributed by atoms with Gasteiger partial charge < -0.3 is 9.88 Å². The van der Waals surface area contributed by atoms with E-state index in [0.29, 0.717) is 30.4 Å². The number of carbonyl (C=O) groups is 1. The van der Waals surface area contributed by atoms with Crippen molar-refractivity contribution in [3.05, 3.63) is 47.8 Å². The number of carbonyl (C=O) groups excluding carboxylic acids is 1. The monoisotopic (exact) mass is 389 g/mol. The predicted octanol–water partition coefficient (Wildman–Crippen LogP) is 3.58. The number of amides is 1. The van der Waals surface area contributed by atoms with Crippen molar-refractivity contribution in [2.45, 2.75) is 43.9 Å². The molecule has 0 saturated carbocycles. The summed E-state index contributed by atoms with van der Waals surface area (Å²) in [4.78, 5) is 12.9. The fourth-order valence-corrected chi connectivity index (χ4v) is 4.91. The minimum absolute atomic E-state index is 0.174. The van der Waals surface area contributed by atoms with Crippen molar-refractivity contribution in [2.24, 2.45) is 7.05 Å². The lowest BCUT2D eigenvalue weighted by Gasteiger charge is -2.25. The zero-order valence-corrected chi connectivity index (χ0v) is 16.9. The summed E-state index contributed by atoms with van der Waals surface area (Å²) < 4.78 is 28.7. The number of rotatable bonds is 5. The van der Waals surface area contributed by atoms with Gasteiger partial charge in [0.2, 0.25) is 10.0 Å². The highest BCUT2D eigenvalue weighted by molar-refractivity contribution is 7.89. The molecule has 0 unspecified atom stereocenters. The third-order valence-corrected chi connectivity index (χ3v) is 6.84. The van der Waals surface area contributed by atoms with E-state index in [0.717, 1.165) is 24.8 Å². The Morgan fingerprint density at radius 2 is 1.81 bits per heavy atom. The Hall–Kier alpha value is -2.12. The maximum absolute atomic E-state index is 12.8. The van der Waals surface area contributed by atoms with Crippen LogP contribution in [0.1, 0.15) is 55.1 Å². The Bertz CT molecular complexity index is 926. The van der Waals surface area contributed by atoms with Crippen molar-refractivity contribution < 1.29 is 13.2 Å². The first-order valence-corrected chi connectivity index (χ1v) is 10.8. The van der Waals surface area contributed by atoms with Gasteiger partial charge in [-0.2, -0.15) is 4.31 Å². The minimum Gasteiger partial charge on any atom is -0.345 e. The molecule has 6 nitrogen and oxygen atoms in total. The number of nitrogens with one attached hydrogen (secondary N) is 1. The van der Waals surface area contributed by atoms with Gasteiger partial charge in [0.25, 0.3) is 5.91 Å². The van der Waals surface area contributed by atoms with Crippen molar-refractivity contribution in [2.75, 3.05) is 18.4 Å². The van der Waals surface area contributed by atoms with Gasteiger partial charge in [-0.05, 0) is 42.5 Å². The smallest absolute Gasteiger partial charge is 0.272 e. The highest BCUT2D eigenvalue weighted by Gasteiger charge is 2.28. The molecule has 146 valence electrons. The van der Waals surface area contributed by atoms with Crippen molar-refractivity contribution in [3.8, 4) is 0 Å². The fourth-order valence-electron chi connectivity index (χ4n) is 3.33. The summed E-state index contributed by atoms with van der Waals surface area (Å²) in [6.07, 6.45) is 4.34. The number of hydrogen-bond donors (Lipinski definition) is 1. The third-order valence-electron chi connectivity index (χ3n) is 4.98. The Labute approximate surface area is 161 Å². The van der Waals surface area contributed by atoms with Crippen LogP contribution in [0.4, 0.5) is 5.69 Å². The summed E-state index contributed by atoms with van der Waals surface area (Å²) in [5.74, 6) is 0.0386. The van der Waals surface area contributed by atoms with E-state index in [9.17, 15) is 13.2 Å². The molecule has 3 rings (SSSR count). The fraction of sp³-hybridized carbons (Fsp3) is 0.450. The molecule has 2 heterocycles. The van der Waals surface area contributed by atoms with Crippen LogP contribution in [0.5, 0.6) is 0 Å². The molecule has 1 fully saturated rings. The zero-order valence-electron chi connectivity index (χ0n) is 16.1. The number of aromatic nitrogens is 1. The Balaban J connectivity index is 1.81. The van der Waals surface area contributed by atoms with Crippen LogP contribution in [0.25, 0.3) is 0 Å². The van der Waals surface area contributed by atoms with Gasteiger partial charge in [-0.15, -0.1) is 0 Å². The maximum Gasteiger partial charge on any atom is 0.272 e. The summed E-state index contributed by atoms with van der Waals surface area (Å²) in [6, 6.07) is 9.16. The molecule has 0 bridgehead atoms. The number of piperidine rings is 1. The molecule has 0 atom stereocenters. The van der Waals surface area contributed by atoms with Gasteiger partial charge in [0.05, 0.1) is 0 Å². The molecular weight excluding hydrogens is 362 g/mol. The molecule has 1 aromatic heterocycles. The van der Waals surface area contributed by atoms with Gasteiger partial charge in [0.15, 0.2) is 0 Å². The van der Waals surface area contributed by atoms with Crippen molar-refractivity contribution in [1.82, 2.24) is 8.87 Å². The van der Waals surface area contributed by atoms with E-state index < -0.39 is 10.0 Å². The van der Waals surface area contributed by atoms with Gasteiger partial charge in [0.1, 0.15) is 10.6 Å². The standard InChI is InChI=1S/C20H27N3O3S/c1-15(2)16-8-7-9-17(12-16)21-20(24)19-13-18(14-22(19)3)27(25,26)23-10-5-4-6-11-23/h7-9,12-15H,4-6,10-11H2,1-3H3,(H,21,24). The third kappa shape index (κ3) is 4.25. The minimum atomic E-state index is -3.56. The second kappa shape index (κ2) is 7.86. The average Bonchev–Trinajstić information content (AvgIpc) is 3.05. The molecule has 1 aromatic carbocycles. The van der Waals surface area contributed by atoms with Crippen LogP contribution in [0.2, 0.25) is 0 Å². The highest BCUT2D eigenvalue weighted by atomic mass is 32.2. The summed E-state index contributed by atoms with van der Waals surface area (Å²) in [6.45, 7) is 5.27. The number of aryl methyl sites for hydroxylation is 1. The van der Waals surface area contributed by atoms with Crippen LogP contribution in [0, 0.1) is 0 Å². The molecule has 0 spiro atoms. The molecule has 0 radical (unpaired) electrons. The molecule has 1 saturated heterocycles. The quantitative estimate of drug-likeness (QED) is 0.850. The first kappa shape index (κ1) is 19.6. The second-order valence-corrected chi connectivity index (χ2v) is 9.31. The maximum atomic E-state index is 12.8. The zero-order chi connectivity index (χ0) is 19.6. The lowest BCUT2D eigenvalue weighted by molar-refractivity contribution is 0.101. The molecule has 1 aliphatic rings. The summed E-state index contributed by atoms with van der Waals surface area (Å²) >= 11 is 0. The number of benzene rings is 1. The van der Waals surface area contributed by atoms with E-state index in [-0.39, 0.29) is 10.8 Å². The average molecular weight is 390 g/mol. The highest BCUT2D eigenvalue weighted by Crippen LogP contribution is 2.23.